The number of ether oxygens (including phenoxy) is 1. The van der Waals surface area contributed by atoms with Gasteiger partial charge in [-0.05, 0) is 44.2 Å². The van der Waals surface area contributed by atoms with E-state index in [-0.39, 0.29) is 18.4 Å². The van der Waals surface area contributed by atoms with Gasteiger partial charge in [0.1, 0.15) is 5.75 Å². The minimum Gasteiger partial charge on any atom is -0.491 e. The second-order valence-electron chi connectivity index (χ2n) is 6.66. The van der Waals surface area contributed by atoms with Gasteiger partial charge in [0, 0.05) is 18.5 Å². The van der Waals surface area contributed by atoms with Crippen molar-refractivity contribution < 1.29 is 19.4 Å². The number of carbonyl (C=O) groups excluding carboxylic acids is 1. The van der Waals surface area contributed by atoms with Crippen molar-refractivity contribution in [3.05, 3.63) is 47.3 Å². The summed E-state index contributed by atoms with van der Waals surface area (Å²) in [4.78, 5) is 25.2. The van der Waals surface area contributed by atoms with E-state index in [0.717, 1.165) is 17.1 Å². The zero-order chi connectivity index (χ0) is 18.7. The Morgan fingerprint density at radius 2 is 1.96 bits per heavy atom. The number of benzene rings is 1. The summed E-state index contributed by atoms with van der Waals surface area (Å²) in [5.74, 6) is -0.116. The number of carbonyl (C=O) groups is 2. The molecule has 0 bridgehead atoms. The van der Waals surface area contributed by atoms with E-state index in [9.17, 15) is 9.59 Å². The lowest BCUT2D eigenvalue weighted by Gasteiger charge is -2.27. The number of nitrogens with zero attached hydrogens (tertiary/aromatic N) is 3. The Bertz CT molecular complexity index is 796. The van der Waals surface area contributed by atoms with Crippen molar-refractivity contribution >= 4 is 11.9 Å². The number of rotatable bonds is 6. The third-order valence-electron chi connectivity index (χ3n) is 4.20. The van der Waals surface area contributed by atoms with Crippen LogP contribution in [-0.2, 0) is 24.3 Å². The molecule has 1 N–H and O–H groups in total. The Morgan fingerprint density at radius 1 is 1.23 bits per heavy atom. The van der Waals surface area contributed by atoms with Crippen molar-refractivity contribution in [2.24, 2.45) is 0 Å². The summed E-state index contributed by atoms with van der Waals surface area (Å²) in [6.07, 6.45) is 0.555. The Labute approximate surface area is 152 Å². The highest BCUT2D eigenvalue weighted by Gasteiger charge is 2.23. The van der Waals surface area contributed by atoms with Crippen molar-refractivity contribution in [1.29, 1.82) is 0 Å². The standard InChI is InChI=1S/C19H23N3O4/c1-13(2)26-17-6-3-14(4-7-17)19(25)21-9-10-22-16(12-21)11-15(20-22)5-8-18(23)24/h3-4,6-7,11,13H,5,8-10,12H2,1-2H3,(H,23,24). The van der Waals surface area contributed by atoms with Crippen molar-refractivity contribution in [3.63, 3.8) is 0 Å². The molecule has 0 saturated carbocycles. The van der Waals surface area contributed by atoms with Crippen molar-refractivity contribution in [3.8, 4) is 5.75 Å². The van der Waals surface area contributed by atoms with E-state index in [4.69, 9.17) is 9.84 Å². The predicted octanol–water partition coefficient (Wildman–Crippen LogP) is 2.34. The van der Waals surface area contributed by atoms with Crippen LogP contribution < -0.4 is 4.74 Å². The van der Waals surface area contributed by atoms with Gasteiger partial charge in [0.15, 0.2) is 0 Å². The molecule has 0 aliphatic carbocycles. The summed E-state index contributed by atoms with van der Waals surface area (Å²) < 4.78 is 7.47. The maximum absolute atomic E-state index is 12.7. The number of hydrogen-bond acceptors (Lipinski definition) is 4. The van der Waals surface area contributed by atoms with Crippen LogP contribution in [0.1, 0.15) is 42.0 Å². The molecule has 0 fully saturated rings. The minimum atomic E-state index is -0.835. The summed E-state index contributed by atoms with van der Waals surface area (Å²) in [6.45, 7) is 5.59. The van der Waals surface area contributed by atoms with E-state index in [1.807, 2.05) is 36.7 Å². The molecule has 7 heteroatoms. The molecule has 1 aromatic heterocycles. The molecule has 3 rings (SSSR count). The fourth-order valence-electron chi connectivity index (χ4n) is 2.99. The van der Waals surface area contributed by atoms with Gasteiger partial charge in [0.05, 0.1) is 37.0 Å². The van der Waals surface area contributed by atoms with Crippen LogP contribution >= 0.6 is 0 Å². The number of aryl methyl sites for hydroxylation is 1. The lowest BCUT2D eigenvalue weighted by Crippen LogP contribution is -2.38. The van der Waals surface area contributed by atoms with Crippen LogP contribution in [0.2, 0.25) is 0 Å². The molecule has 0 spiro atoms. The third-order valence-corrected chi connectivity index (χ3v) is 4.20. The Kier molecular flexibility index (Phi) is 5.25. The van der Waals surface area contributed by atoms with E-state index in [0.29, 0.717) is 31.6 Å². The van der Waals surface area contributed by atoms with E-state index in [2.05, 4.69) is 5.10 Å². The number of fused-ring (bicyclic) bond motifs is 1. The van der Waals surface area contributed by atoms with Gasteiger partial charge in [0.25, 0.3) is 5.91 Å². The van der Waals surface area contributed by atoms with Crippen LogP contribution in [0.5, 0.6) is 5.75 Å². The Balaban J connectivity index is 1.66. The summed E-state index contributed by atoms with van der Waals surface area (Å²) in [7, 11) is 0. The van der Waals surface area contributed by atoms with Crippen LogP contribution in [0, 0.1) is 0 Å². The molecule has 1 aliphatic heterocycles. The minimum absolute atomic E-state index is 0.0272. The third kappa shape index (κ3) is 4.22. The van der Waals surface area contributed by atoms with Gasteiger partial charge in [-0.3, -0.25) is 14.3 Å². The number of amides is 1. The molecule has 138 valence electrons. The SMILES string of the molecule is CC(C)Oc1ccc(C(=O)N2CCn3nc(CCC(=O)O)cc3C2)cc1. The first kappa shape index (κ1) is 18.0. The van der Waals surface area contributed by atoms with Crippen molar-refractivity contribution in [2.75, 3.05) is 6.54 Å². The molecular formula is C19H23N3O4. The first-order chi connectivity index (χ1) is 12.4. The summed E-state index contributed by atoms with van der Waals surface area (Å²) in [5.41, 5.74) is 2.32. The molecule has 0 unspecified atom stereocenters. The van der Waals surface area contributed by atoms with Crippen LogP contribution in [0.3, 0.4) is 0 Å². The van der Waals surface area contributed by atoms with Gasteiger partial charge in [-0.2, -0.15) is 5.10 Å². The second-order valence-corrected chi connectivity index (χ2v) is 6.66. The average Bonchev–Trinajstić information content (AvgIpc) is 3.01. The molecule has 0 atom stereocenters. The van der Waals surface area contributed by atoms with E-state index in [1.54, 1.807) is 17.0 Å². The van der Waals surface area contributed by atoms with Gasteiger partial charge in [-0.1, -0.05) is 0 Å². The quantitative estimate of drug-likeness (QED) is 0.858. The molecule has 1 aliphatic rings. The van der Waals surface area contributed by atoms with Gasteiger partial charge in [-0.15, -0.1) is 0 Å². The van der Waals surface area contributed by atoms with E-state index < -0.39 is 5.97 Å². The van der Waals surface area contributed by atoms with Crippen LogP contribution in [0.25, 0.3) is 0 Å². The first-order valence-corrected chi connectivity index (χ1v) is 8.76. The lowest BCUT2D eigenvalue weighted by molar-refractivity contribution is -0.136. The fraction of sp³-hybridized carbons (Fsp3) is 0.421. The van der Waals surface area contributed by atoms with Crippen LogP contribution in [0.15, 0.2) is 30.3 Å². The zero-order valence-corrected chi connectivity index (χ0v) is 15.0. The van der Waals surface area contributed by atoms with Crippen molar-refractivity contribution in [2.45, 2.75) is 45.9 Å². The maximum Gasteiger partial charge on any atom is 0.303 e. The molecule has 2 aromatic rings. The monoisotopic (exact) mass is 357 g/mol. The number of aliphatic carboxylic acids is 1. The largest absolute Gasteiger partial charge is 0.491 e. The summed E-state index contributed by atoms with van der Waals surface area (Å²) >= 11 is 0. The molecule has 0 saturated heterocycles. The second kappa shape index (κ2) is 7.59. The topological polar surface area (TPSA) is 84.7 Å². The zero-order valence-electron chi connectivity index (χ0n) is 15.0. The highest BCUT2D eigenvalue weighted by Crippen LogP contribution is 2.19. The molecule has 2 heterocycles. The Hall–Kier alpha value is -2.83. The average molecular weight is 357 g/mol. The molecule has 1 amide bonds. The molecule has 1 aromatic carbocycles. The van der Waals surface area contributed by atoms with Gasteiger partial charge >= 0.3 is 5.97 Å². The summed E-state index contributed by atoms with van der Waals surface area (Å²) in [6, 6.07) is 9.08. The number of aromatic nitrogens is 2. The Morgan fingerprint density at radius 3 is 2.62 bits per heavy atom. The molecule has 7 nitrogen and oxygen atoms in total. The van der Waals surface area contributed by atoms with Gasteiger partial charge in [0.2, 0.25) is 0 Å². The molecular weight excluding hydrogens is 334 g/mol. The predicted molar refractivity (Wildman–Crippen MR) is 95.1 cm³/mol. The van der Waals surface area contributed by atoms with E-state index in [1.165, 1.54) is 0 Å². The first-order valence-electron chi connectivity index (χ1n) is 8.76. The van der Waals surface area contributed by atoms with Crippen molar-refractivity contribution in [1.82, 2.24) is 14.7 Å². The smallest absolute Gasteiger partial charge is 0.303 e. The lowest BCUT2D eigenvalue weighted by atomic mass is 10.1. The highest BCUT2D eigenvalue weighted by atomic mass is 16.5. The van der Waals surface area contributed by atoms with E-state index >= 15 is 0 Å². The number of hydrogen-bond donors (Lipinski definition) is 1. The maximum atomic E-state index is 12.7. The van der Waals surface area contributed by atoms with Crippen LogP contribution in [0.4, 0.5) is 0 Å². The van der Waals surface area contributed by atoms with Gasteiger partial charge < -0.3 is 14.7 Å². The fourth-order valence-corrected chi connectivity index (χ4v) is 2.99. The van der Waals surface area contributed by atoms with Gasteiger partial charge in [-0.25, -0.2) is 0 Å². The number of carboxylic acid groups (broad SMARTS) is 1. The normalized spacial score (nSPS) is 13.6. The van der Waals surface area contributed by atoms with Crippen LogP contribution in [-0.4, -0.2) is 44.3 Å². The summed E-state index contributed by atoms with van der Waals surface area (Å²) in [5, 5.41) is 13.2. The number of carboxylic acids is 1. The molecule has 0 radical (unpaired) electrons. The molecule has 26 heavy (non-hydrogen) atoms. The highest BCUT2D eigenvalue weighted by molar-refractivity contribution is 5.94.